The maximum absolute atomic E-state index is 12.6. The van der Waals surface area contributed by atoms with Crippen molar-refractivity contribution < 1.29 is 14.7 Å². The highest BCUT2D eigenvalue weighted by molar-refractivity contribution is 5.83. The van der Waals surface area contributed by atoms with E-state index < -0.39 is 12.0 Å². The predicted molar refractivity (Wildman–Crippen MR) is 81.1 cm³/mol. The number of carboxylic acids is 1. The van der Waals surface area contributed by atoms with Crippen LogP contribution in [0.15, 0.2) is 0 Å². The number of nitrogens with one attached hydrogen (secondary N) is 1. The summed E-state index contributed by atoms with van der Waals surface area (Å²) in [6.07, 6.45) is 6.21. The minimum atomic E-state index is -0.897. The number of aliphatic carboxylic acids is 1. The first-order chi connectivity index (χ1) is 9.83. The third kappa shape index (κ3) is 3.50. The number of nitrogens with zero attached hydrogens (tertiary/aromatic N) is 1. The van der Waals surface area contributed by atoms with Crippen molar-refractivity contribution in [2.24, 2.45) is 11.3 Å². The summed E-state index contributed by atoms with van der Waals surface area (Å²) in [6.45, 7) is 6.58. The lowest BCUT2D eigenvalue weighted by Gasteiger charge is -2.44. The van der Waals surface area contributed by atoms with Gasteiger partial charge in [0.1, 0.15) is 6.04 Å². The number of urea groups is 1. The van der Waals surface area contributed by atoms with Crippen LogP contribution in [-0.2, 0) is 4.79 Å². The fourth-order valence-electron chi connectivity index (χ4n) is 3.85. The van der Waals surface area contributed by atoms with E-state index in [4.69, 9.17) is 0 Å². The quantitative estimate of drug-likeness (QED) is 0.823. The lowest BCUT2D eigenvalue weighted by Crippen LogP contribution is -2.60. The average Bonchev–Trinajstić information content (AvgIpc) is 2.39. The Hall–Kier alpha value is -1.26. The molecule has 3 atom stereocenters. The average molecular weight is 296 g/mol. The van der Waals surface area contributed by atoms with Crippen molar-refractivity contribution in [2.75, 3.05) is 6.54 Å². The van der Waals surface area contributed by atoms with E-state index in [1.807, 2.05) is 13.8 Å². The number of hydrogen-bond donors (Lipinski definition) is 2. The van der Waals surface area contributed by atoms with Crippen LogP contribution in [0.4, 0.5) is 4.79 Å². The maximum Gasteiger partial charge on any atom is 0.327 e. The van der Waals surface area contributed by atoms with Crippen LogP contribution in [0.5, 0.6) is 0 Å². The summed E-state index contributed by atoms with van der Waals surface area (Å²) < 4.78 is 0. The molecule has 3 unspecified atom stereocenters. The Morgan fingerprint density at radius 2 is 1.86 bits per heavy atom. The van der Waals surface area contributed by atoms with Gasteiger partial charge in [-0.05, 0) is 37.0 Å². The molecule has 2 aliphatic rings. The van der Waals surface area contributed by atoms with Crippen molar-refractivity contribution in [3.05, 3.63) is 0 Å². The highest BCUT2D eigenvalue weighted by Gasteiger charge is 2.45. The number of rotatable bonds is 2. The van der Waals surface area contributed by atoms with E-state index >= 15 is 0 Å². The van der Waals surface area contributed by atoms with Crippen molar-refractivity contribution in [3.63, 3.8) is 0 Å². The summed E-state index contributed by atoms with van der Waals surface area (Å²) >= 11 is 0. The first-order valence-corrected chi connectivity index (χ1v) is 8.13. The topological polar surface area (TPSA) is 69.6 Å². The molecule has 1 saturated carbocycles. The van der Waals surface area contributed by atoms with Gasteiger partial charge < -0.3 is 15.3 Å². The first-order valence-electron chi connectivity index (χ1n) is 8.13. The highest BCUT2D eigenvalue weighted by atomic mass is 16.4. The molecule has 0 aromatic heterocycles. The van der Waals surface area contributed by atoms with Gasteiger partial charge in [0, 0.05) is 12.6 Å². The van der Waals surface area contributed by atoms with E-state index in [0.29, 0.717) is 12.5 Å². The van der Waals surface area contributed by atoms with E-state index in [1.165, 1.54) is 11.3 Å². The summed E-state index contributed by atoms with van der Waals surface area (Å²) in [5.74, 6) is -0.421. The van der Waals surface area contributed by atoms with Crippen LogP contribution in [0.1, 0.15) is 59.3 Å². The smallest absolute Gasteiger partial charge is 0.327 e. The van der Waals surface area contributed by atoms with Gasteiger partial charge in [-0.25, -0.2) is 9.59 Å². The highest BCUT2D eigenvalue weighted by Crippen LogP contribution is 2.35. The zero-order valence-electron chi connectivity index (χ0n) is 13.4. The maximum atomic E-state index is 12.6. The van der Waals surface area contributed by atoms with Crippen LogP contribution in [0, 0.1) is 11.3 Å². The second-order valence-electron chi connectivity index (χ2n) is 7.34. The van der Waals surface area contributed by atoms with Gasteiger partial charge >= 0.3 is 12.0 Å². The molecule has 2 fully saturated rings. The van der Waals surface area contributed by atoms with E-state index in [2.05, 4.69) is 12.2 Å². The molecule has 0 radical (unpaired) electrons. The van der Waals surface area contributed by atoms with E-state index in [-0.39, 0.29) is 17.5 Å². The van der Waals surface area contributed by atoms with Crippen LogP contribution in [0.3, 0.4) is 0 Å². The molecule has 2 amide bonds. The van der Waals surface area contributed by atoms with E-state index in [1.54, 1.807) is 0 Å². The third-order valence-electron chi connectivity index (χ3n) is 5.19. The molecule has 0 spiro atoms. The number of carboxylic acid groups (broad SMARTS) is 1. The molecule has 21 heavy (non-hydrogen) atoms. The number of carbonyl (C=O) groups is 2. The molecule has 2 rings (SSSR count). The van der Waals surface area contributed by atoms with Gasteiger partial charge in [0.25, 0.3) is 0 Å². The van der Waals surface area contributed by atoms with Gasteiger partial charge in [0.15, 0.2) is 0 Å². The molecule has 1 heterocycles. The fraction of sp³-hybridized carbons (Fsp3) is 0.875. The Balaban J connectivity index is 2.07. The number of hydrogen-bond acceptors (Lipinski definition) is 2. The van der Waals surface area contributed by atoms with Gasteiger partial charge in [0.2, 0.25) is 0 Å². The van der Waals surface area contributed by atoms with Crippen molar-refractivity contribution in [3.8, 4) is 0 Å². The van der Waals surface area contributed by atoms with Crippen LogP contribution in [-0.4, -0.2) is 40.6 Å². The molecular formula is C16H28N2O3. The summed E-state index contributed by atoms with van der Waals surface area (Å²) in [4.78, 5) is 25.7. The van der Waals surface area contributed by atoms with Crippen LogP contribution >= 0.6 is 0 Å². The zero-order valence-corrected chi connectivity index (χ0v) is 13.4. The Morgan fingerprint density at radius 3 is 2.48 bits per heavy atom. The van der Waals surface area contributed by atoms with E-state index in [0.717, 1.165) is 32.1 Å². The number of amides is 2. The molecule has 1 aliphatic carbocycles. The zero-order chi connectivity index (χ0) is 15.6. The molecular weight excluding hydrogens is 268 g/mol. The minimum Gasteiger partial charge on any atom is -0.480 e. The number of carbonyl (C=O) groups excluding carboxylic acids is 1. The monoisotopic (exact) mass is 296 g/mol. The van der Waals surface area contributed by atoms with Crippen LogP contribution in [0.25, 0.3) is 0 Å². The molecule has 120 valence electrons. The first kappa shape index (κ1) is 16.1. The van der Waals surface area contributed by atoms with Crippen LogP contribution < -0.4 is 5.32 Å². The minimum absolute atomic E-state index is 0.186. The Kier molecular flexibility index (Phi) is 4.79. The number of piperidine rings is 1. The standard InChI is InChI=1S/C16H28N2O3/c1-11-7-4-5-8-12(11)17-15(21)18-10-6-9-16(2,3)13(18)14(19)20/h11-13H,4-10H2,1-3H3,(H,17,21)(H,19,20). The van der Waals surface area contributed by atoms with Gasteiger partial charge in [-0.2, -0.15) is 0 Å². The molecule has 1 aliphatic heterocycles. The fourth-order valence-corrected chi connectivity index (χ4v) is 3.85. The largest absolute Gasteiger partial charge is 0.480 e. The molecule has 0 bridgehead atoms. The van der Waals surface area contributed by atoms with Gasteiger partial charge in [-0.1, -0.05) is 33.6 Å². The summed E-state index contributed by atoms with van der Waals surface area (Å²) in [7, 11) is 0. The van der Waals surface area contributed by atoms with Crippen molar-refractivity contribution in [1.29, 1.82) is 0 Å². The molecule has 1 saturated heterocycles. The van der Waals surface area contributed by atoms with Gasteiger partial charge in [0.05, 0.1) is 0 Å². The molecule has 0 aromatic rings. The Labute approximate surface area is 127 Å². The lowest BCUT2D eigenvalue weighted by atomic mass is 9.76. The SMILES string of the molecule is CC1CCCCC1NC(=O)N1CCCC(C)(C)C1C(=O)O. The summed E-state index contributed by atoms with van der Waals surface area (Å²) in [5, 5.41) is 12.6. The van der Waals surface area contributed by atoms with Crippen LogP contribution in [0.2, 0.25) is 0 Å². The van der Waals surface area contributed by atoms with Crippen molar-refractivity contribution in [2.45, 2.75) is 71.4 Å². The van der Waals surface area contributed by atoms with Crippen molar-refractivity contribution in [1.82, 2.24) is 10.2 Å². The normalized spacial score (nSPS) is 32.5. The third-order valence-corrected chi connectivity index (χ3v) is 5.19. The van der Waals surface area contributed by atoms with E-state index in [9.17, 15) is 14.7 Å². The molecule has 5 nitrogen and oxygen atoms in total. The summed E-state index contributed by atoms with van der Waals surface area (Å²) in [6, 6.07) is -0.746. The van der Waals surface area contributed by atoms with Gasteiger partial charge in [-0.3, -0.25) is 0 Å². The molecule has 0 aromatic carbocycles. The second-order valence-corrected chi connectivity index (χ2v) is 7.34. The molecule has 5 heteroatoms. The lowest BCUT2D eigenvalue weighted by molar-refractivity contribution is -0.148. The number of likely N-dealkylation sites (tertiary alicyclic amines) is 1. The predicted octanol–water partition coefficient (Wildman–Crippen LogP) is 2.85. The van der Waals surface area contributed by atoms with Crippen molar-refractivity contribution >= 4 is 12.0 Å². The Bertz CT molecular complexity index is 408. The summed E-state index contributed by atoms with van der Waals surface area (Å²) in [5.41, 5.74) is -0.375. The second kappa shape index (κ2) is 6.24. The molecule has 2 N–H and O–H groups in total. The van der Waals surface area contributed by atoms with Gasteiger partial charge in [-0.15, -0.1) is 0 Å². The Morgan fingerprint density at radius 1 is 1.19 bits per heavy atom.